The predicted molar refractivity (Wildman–Crippen MR) is 214 cm³/mol. The molecule has 3 aromatic rings. The summed E-state index contributed by atoms with van der Waals surface area (Å²) >= 11 is 0. The number of nitrogens with one attached hydrogen (secondary N) is 4. The Bertz CT molecular complexity index is 2000. The van der Waals surface area contributed by atoms with Crippen LogP contribution in [0.3, 0.4) is 0 Å². The molecule has 2 saturated carbocycles. The van der Waals surface area contributed by atoms with E-state index in [9.17, 15) is 23.6 Å². The van der Waals surface area contributed by atoms with Crippen molar-refractivity contribution < 1.29 is 32.7 Å². The second kappa shape index (κ2) is 17.6. The number of amides is 4. The first-order valence-corrected chi connectivity index (χ1v) is 20.7. The number of rotatable bonds is 10. The molecule has 5 fully saturated rings. The van der Waals surface area contributed by atoms with Crippen molar-refractivity contribution in [1.82, 2.24) is 25.5 Å². The number of cyclic esters (lactones) is 1. The number of piperazine rings is 1. The first-order valence-electron chi connectivity index (χ1n) is 20.7. The average molecular weight is 800 g/mol. The van der Waals surface area contributed by atoms with Gasteiger partial charge >= 0.3 is 6.09 Å². The lowest BCUT2D eigenvalue weighted by Gasteiger charge is -2.43. The van der Waals surface area contributed by atoms with Gasteiger partial charge in [0, 0.05) is 80.1 Å². The van der Waals surface area contributed by atoms with Crippen molar-refractivity contribution in [3.63, 3.8) is 0 Å². The van der Waals surface area contributed by atoms with Gasteiger partial charge in [0.1, 0.15) is 17.6 Å². The molecule has 5 aliphatic rings. The van der Waals surface area contributed by atoms with E-state index >= 15 is 4.39 Å². The maximum absolute atomic E-state index is 15.2. The lowest BCUT2D eigenvalue weighted by Crippen LogP contribution is -2.52. The Morgan fingerprint density at radius 1 is 0.828 bits per heavy atom. The normalized spacial score (nSPS) is 25.8. The van der Waals surface area contributed by atoms with Crippen molar-refractivity contribution in [1.29, 1.82) is 0 Å². The van der Waals surface area contributed by atoms with E-state index < -0.39 is 18.0 Å². The first-order chi connectivity index (χ1) is 28.2. The van der Waals surface area contributed by atoms with Crippen LogP contribution in [0.4, 0.5) is 36.6 Å². The number of ether oxygens (including phenoxy) is 1. The topological polar surface area (TPSA) is 161 Å². The summed E-state index contributed by atoms with van der Waals surface area (Å²) in [5.74, 6) is -1.18. The molecule has 58 heavy (non-hydrogen) atoms. The van der Waals surface area contributed by atoms with Crippen LogP contribution in [0.1, 0.15) is 70.6 Å². The summed E-state index contributed by atoms with van der Waals surface area (Å²) in [4.78, 5) is 64.0. The molecule has 308 valence electrons. The third-order valence-electron chi connectivity index (χ3n) is 12.3. The summed E-state index contributed by atoms with van der Waals surface area (Å²) in [5.41, 5.74) is 2.37. The third kappa shape index (κ3) is 9.16. The minimum atomic E-state index is -0.562. The molecule has 0 bridgehead atoms. The van der Waals surface area contributed by atoms with Crippen LogP contribution in [-0.4, -0.2) is 102 Å². The Kier molecular flexibility index (Phi) is 12.0. The van der Waals surface area contributed by atoms with Gasteiger partial charge in [0.2, 0.25) is 23.7 Å². The highest BCUT2D eigenvalue weighted by molar-refractivity contribution is 6.01. The lowest BCUT2D eigenvalue weighted by molar-refractivity contribution is -0.133. The zero-order valence-corrected chi connectivity index (χ0v) is 32.6. The standard InChI is InChI=1S/C42H51F2N9O5/c43-33-24-30(46-35-14-16-37(54)49-40(35)56)11-15-36(33)52-20-18-51(19-21-52)31-12-9-28(10-13-31)47-39(55)26-5-7-29(8-6-26)48-41-45-25-34(44)38(50-41)27-3-1-4-32(23-27)53-17-2-22-58-42(53)57/h1,3-4,11,15,23-26,28-29,31,35,46H,2,5-10,12-14,16-22H2,(H,47,55)(H,45,48,50)(H,49,54,56)/t26-,28-,29-,31-,35?. The molecular weight excluding hydrogens is 749 g/mol. The van der Waals surface area contributed by atoms with Gasteiger partial charge in [-0.25, -0.2) is 23.5 Å². The summed E-state index contributed by atoms with van der Waals surface area (Å²) in [6.07, 6.45) is 8.99. The fourth-order valence-electron chi connectivity index (χ4n) is 9.05. The zero-order chi connectivity index (χ0) is 40.2. The second-order valence-electron chi connectivity index (χ2n) is 16.1. The lowest BCUT2D eigenvalue weighted by atomic mass is 9.84. The Hall–Kier alpha value is -5.38. The molecule has 4 heterocycles. The van der Waals surface area contributed by atoms with Crippen molar-refractivity contribution in [3.8, 4) is 11.3 Å². The van der Waals surface area contributed by atoms with E-state index in [0.29, 0.717) is 67.3 Å². The smallest absolute Gasteiger partial charge is 0.414 e. The average Bonchev–Trinajstić information content (AvgIpc) is 3.23. The van der Waals surface area contributed by atoms with Gasteiger partial charge in [0.25, 0.3) is 0 Å². The molecule has 14 nitrogen and oxygen atoms in total. The largest absolute Gasteiger partial charge is 0.449 e. The van der Waals surface area contributed by atoms with Crippen LogP contribution in [0, 0.1) is 17.6 Å². The quantitative estimate of drug-likeness (QED) is 0.200. The van der Waals surface area contributed by atoms with Crippen LogP contribution in [0.15, 0.2) is 48.7 Å². The fraction of sp³-hybridized carbons (Fsp3) is 0.524. The molecular formula is C42H51F2N9O5. The van der Waals surface area contributed by atoms with E-state index in [2.05, 4.69) is 41.0 Å². The van der Waals surface area contributed by atoms with E-state index in [1.54, 1.807) is 36.4 Å². The maximum atomic E-state index is 15.2. The van der Waals surface area contributed by atoms with Gasteiger partial charge in [-0.3, -0.25) is 29.5 Å². The van der Waals surface area contributed by atoms with Gasteiger partial charge in [-0.2, -0.15) is 0 Å². The summed E-state index contributed by atoms with van der Waals surface area (Å²) in [7, 11) is 0. The van der Waals surface area contributed by atoms with E-state index in [4.69, 9.17) is 4.74 Å². The van der Waals surface area contributed by atoms with Crippen LogP contribution >= 0.6 is 0 Å². The van der Waals surface area contributed by atoms with Crippen LogP contribution in [0.2, 0.25) is 0 Å². The molecule has 8 rings (SSSR count). The number of benzene rings is 2. The van der Waals surface area contributed by atoms with Crippen LogP contribution < -0.4 is 31.1 Å². The molecule has 1 unspecified atom stereocenters. The highest BCUT2D eigenvalue weighted by atomic mass is 19.1. The monoisotopic (exact) mass is 799 g/mol. The molecule has 2 aliphatic carbocycles. The molecule has 1 aromatic heterocycles. The SMILES string of the molecule is O=C1CCC(Nc2ccc(N3CCN([C@H]4CC[C@H](NC(=O)[C@H]5CC[C@H](Nc6ncc(F)c(-c7cccc(N8CCCOC8=O)c7)n6)CC5)CC4)CC3)c(F)c2)C(=O)N1. The minimum absolute atomic E-state index is 0.0551. The number of anilines is 4. The van der Waals surface area contributed by atoms with Crippen LogP contribution in [0.25, 0.3) is 11.3 Å². The van der Waals surface area contributed by atoms with E-state index in [1.807, 2.05) is 0 Å². The molecule has 2 aromatic carbocycles. The summed E-state index contributed by atoms with van der Waals surface area (Å²) in [6, 6.07) is 12.1. The van der Waals surface area contributed by atoms with Gasteiger partial charge in [-0.05, 0) is 94.5 Å². The first kappa shape index (κ1) is 39.4. The molecule has 4 amide bonds. The highest BCUT2D eigenvalue weighted by Crippen LogP contribution is 2.32. The van der Waals surface area contributed by atoms with Crippen molar-refractivity contribution in [2.75, 3.05) is 59.8 Å². The van der Waals surface area contributed by atoms with Gasteiger partial charge in [0.05, 0.1) is 18.5 Å². The molecule has 0 spiro atoms. The molecule has 1 atom stereocenters. The number of hydrogen-bond acceptors (Lipinski definition) is 11. The Balaban J connectivity index is 0.754. The number of imide groups is 1. The van der Waals surface area contributed by atoms with Gasteiger partial charge in [-0.15, -0.1) is 0 Å². The van der Waals surface area contributed by atoms with Gasteiger partial charge in [0.15, 0.2) is 5.82 Å². The highest BCUT2D eigenvalue weighted by Gasteiger charge is 2.33. The Morgan fingerprint density at radius 3 is 2.34 bits per heavy atom. The van der Waals surface area contributed by atoms with Gasteiger partial charge < -0.3 is 25.6 Å². The van der Waals surface area contributed by atoms with Crippen LogP contribution in [0.5, 0.6) is 0 Å². The number of carbonyl (C=O) groups is 4. The Labute approximate surface area is 336 Å². The molecule has 4 N–H and O–H groups in total. The third-order valence-corrected chi connectivity index (χ3v) is 12.3. The van der Waals surface area contributed by atoms with E-state index in [-0.39, 0.29) is 53.7 Å². The maximum Gasteiger partial charge on any atom is 0.414 e. The summed E-state index contributed by atoms with van der Waals surface area (Å²) < 4.78 is 35.3. The second-order valence-corrected chi connectivity index (χ2v) is 16.1. The van der Waals surface area contributed by atoms with Gasteiger partial charge in [-0.1, -0.05) is 12.1 Å². The van der Waals surface area contributed by atoms with Crippen molar-refractivity contribution in [2.45, 2.75) is 94.8 Å². The number of halogens is 2. The molecule has 3 aliphatic heterocycles. The molecule has 16 heteroatoms. The summed E-state index contributed by atoms with van der Waals surface area (Å²) in [5, 5.41) is 12.1. The fourth-order valence-corrected chi connectivity index (χ4v) is 9.05. The zero-order valence-electron chi connectivity index (χ0n) is 32.6. The number of carbonyl (C=O) groups excluding carboxylic acids is 4. The van der Waals surface area contributed by atoms with E-state index in [1.165, 1.54) is 11.0 Å². The van der Waals surface area contributed by atoms with Crippen LogP contribution in [-0.2, 0) is 19.1 Å². The van der Waals surface area contributed by atoms with Crippen molar-refractivity contribution in [3.05, 3.63) is 60.3 Å². The molecule has 3 saturated heterocycles. The predicted octanol–water partition coefficient (Wildman–Crippen LogP) is 5.21. The summed E-state index contributed by atoms with van der Waals surface area (Å²) in [6.45, 7) is 4.02. The number of hydrogen-bond donors (Lipinski definition) is 4. The Morgan fingerprint density at radius 2 is 1.60 bits per heavy atom. The van der Waals surface area contributed by atoms with E-state index in [0.717, 1.165) is 77.1 Å². The number of nitrogens with zero attached hydrogens (tertiary/aromatic N) is 5. The van der Waals surface area contributed by atoms with Crippen molar-refractivity contribution >= 4 is 46.8 Å². The number of piperidine rings is 1. The number of aromatic nitrogens is 2. The molecule has 0 radical (unpaired) electrons. The van der Waals surface area contributed by atoms with Crippen molar-refractivity contribution in [2.24, 2.45) is 5.92 Å². The minimum Gasteiger partial charge on any atom is -0.449 e.